The lowest BCUT2D eigenvalue weighted by Gasteiger charge is -2.12. The van der Waals surface area contributed by atoms with Crippen LogP contribution in [0.1, 0.15) is 12.5 Å². The van der Waals surface area contributed by atoms with E-state index in [2.05, 4.69) is 0 Å². The van der Waals surface area contributed by atoms with Crippen molar-refractivity contribution in [1.29, 1.82) is 0 Å². The van der Waals surface area contributed by atoms with Crippen molar-refractivity contribution in [2.24, 2.45) is 5.73 Å². The van der Waals surface area contributed by atoms with Gasteiger partial charge in [-0.15, -0.1) is 0 Å². The summed E-state index contributed by atoms with van der Waals surface area (Å²) in [5.41, 5.74) is 6.39. The highest BCUT2D eigenvalue weighted by atomic mass is 35.5. The van der Waals surface area contributed by atoms with Crippen molar-refractivity contribution in [2.75, 3.05) is 0 Å². The number of fused-ring (bicyclic) bond motifs is 1. The van der Waals surface area contributed by atoms with Gasteiger partial charge in [-0.3, -0.25) is 0 Å². The number of nitrogens with two attached hydrogens (primary N) is 1. The zero-order valence-electron chi connectivity index (χ0n) is 8.27. The van der Waals surface area contributed by atoms with Crippen LogP contribution < -0.4 is 5.73 Å². The van der Waals surface area contributed by atoms with Crippen LogP contribution in [0.3, 0.4) is 0 Å². The lowest BCUT2D eigenvalue weighted by molar-refractivity contribution is 0.569. The molecule has 0 aromatic heterocycles. The molecule has 1 heterocycles. The van der Waals surface area contributed by atoms with Gasteiger partial charge in [0.05, 0.1) is 10.1 Å². The fourth-order valence-electron chi connectivity index (χ4n) is 1.95. The van der Waals surface area contributed by atoms with Gasteiger partial charge in [-0.05, 0) is 31.0 Å². The van der Waals surface area contributed by atoms with Gasteiger partial charge in [-0.1, -0.05) is 17.7 Å². The molecule has 5 heteroatoms. The Balaban J connectivity index is 2.62. The summed E-state index contributed by atoms with van der Waals surface area (Å²) in [5, 5.41) is -0.0216. The Morgan fingerprint density at radius 2 is 2.20 bits per heavy atom. The smallest absolute Gasteiger partial charge is 0.183 e. The lowest BCUT2D eigenvalue weighted by atomic mass is 10.1. The minimum atomic E-state index is -3.28. The highest BCUT2D eigenvalue weighted by Crippen LogP contribution is 2.36. The molecule has 0 amide bonds. The summed E-state index contributed by atoms with van der Waals surface area (Å²) < 4.78 is 24.1. The maximum absolute atomic E-state index is 12.0. The second kappa shape index (κ2) is 3.47. The van der Waals surface area contributed by atoms with Crippen LogP contribution in [-0.4, -0.2) is 19.7 Å². The summed E-state index contributed by atoms with van der Waals surface area (Å²) in [4.78, 5) is 0.345. The van der Waals surface area contributed by atoms with Crippen LogP contribution in [0.2, 0.25) is 5.02 Å². The first kappa shape index (κ1) is 10.9. The maximum atomic E-state index is 12.0. The van der Waals surface area contributed by atoms with Gasteiger partial charge in [-0.25, -0.2) is 8.42 Å². The number of benzene rings is 1. The van der Waals surface area contributed by atoms with Crippen LogP contribution in [-0.2, 0) is 16.3 Å². The van der Waals surface area contributed by atoms with Crippen molar-refractivity contribution in [1.82, 2.24) is 0 Å². The molecule has 0 aliphatic carbocycles. The Kier molecular flexibility index (Phi) is 2.53. The van der Waals surface area contributed by atoms with Gasteiger partial charge in [0.15, 0.2) is 9.84 Å². The van der Waals surface area contributed by atoms with Crippen LogP contribution in [0.4, 0.5) is 0 Å². The average molecular weight is 246 g/mol. The molecule has 0 saturated carbocycles. The molecule has 3 nitrogen and oxygen atoms in total. The molecule has 0 radical (unpaired) electrons. The first-order chi connectivity index (χ1) is 6.94. The van der Waals surface area contributed by atoms with Crippen molar-refractivity contribution < 1.29 is 8.42 Å². The molecule has 0 spiro atoms. The van der Waals surface area contributed by atoms with Gasteiger partial charge in [0, 0.05) is 11.1 Å². The fourth-order valence-corrected chi connectivity index (χ4v) is 4.34. The van der Waals surface area contributed by atoms with E-state index in [0.717, 1.165) is 0 Å². The van der Waals surface area contributed by atoms with Crippen LogP contribution >= 0.6 is 11.6 Å². The van der Waals surface area contributed by atoms with Crippen LogP contribution in [0, 0.1) is 0 Å². The van der Waals surface area contributed by atoms with Crippen molar-refractivity contribution in [2.45, 2.75) is 29.5 Å². The Hall–Kier alpha value is -0.580. The molecule has 82 valence electrons. The van der Waals surface area contributed by atoms with E-state index in [-0.39, 0.29) is 6.04 Å². The predicted molar refractivity (Wildman–Crippen MR) is 59.8 cm³/mol. The minimum absolute atomic E-state index is 0.345. The molecular weight excluding hydrogens is 234 g/mol. The Bertz CT molecular complexity index is 496. The van der Waals surface area contributed by atoms with E-state index in [4.69, 9.17) is 17.3 Å². The van der Waals surface area contributed by atoms with E-state index in [1.807, 2.05) is 0 Å². The van der Waals surface area contributed by atoms with Crippen LogP contribution in [0.5, 0.6) is 0 Å². The molecule has 2 rings (SSSR count). The average Bonchev–Trinajstić information content (AvgIpc) is 2.40. The first-order valence-corrected chi connectivity index (χ1v) is 6.64. The maximum Gasteiger partial charge on any atom is 0.183 e. The van der Waals surface area contributed by atoms with Crippen molar-refractivity contribution in [3.8, 4) is 0 Å². The second-order valence-electron chi connectivity index (χ2n) is 3.86. The molecule has 1 aliphatic rings. The summed E-state index contributed by atoms with van der Waals surface area (Å²) in [6.07, 6.45) is 0.426. The summed E-state index contributed by atoms with van der Waals surface area (Å²) in [6.45, 7) is 1.71. The molecule has 1 aromatic carbocycles. The molecule has 2 atom stereocenters. The molecule has 0 fully saturated rings. The lowest BCUT2D eigenvalue weighted by Crippen LogP contribution is -2.36. The summed E-state index contributed by atoms with van der Waals surface area (Å²) in [7, 11) is -3.28. The van der Waals surface area contributed by atoms with E-state index >= 15 is 0 Å². The number of rotatable bonds is 1. The summed E-state index contributed by atoms with van der Waals surface area (Å²) in [6, 6.07) is 4.58. The van der Waals surface area contributed by atoms with E-state index in [1.165, 1.54) is 0 Å². The zero-order chi connectivity index (χ0) is 11.2. The minimum Gasteiger partial charge on any atom is -0.327 e. The van der Waals surface area contributed by atoms with Gasteiger partial charge in [0.1, 0.15) is 0 Å². The van der Waals surface area contributed by atoms with Gasteiger partial charge in [-0.2, -0.15) is 0 Å². The number of hydrogen-bond acceptors (Lipinski definition) is 3. The highest BCUT2D eigenvalue weighted by molar-refractivity contribution is 7.92. The molecule has 2 N–H and O–H groups in total. The quantitative estimate of drug-likeness (QED) is 0.813. The highest BCUT2D eigenvalue weighted by Gasteiger charge is 2.39. The van der Waals surface area contributed by atoms with Gasteiger partial charge in [0.25, 0.3) is 0 Å². The zero-order valence-corrected chi connectivity index (χ0v) is 9.85. The molecule has 1 aromatic rings. The van der Waals surface area contributed by atoms with E-state index < -0.39 is 15.1 Å². The van der Waals surface area contributed by atoms with Gasteiger partial charge in [0.2, 0.25) is 0 Å². The third-order valence-electron chi connectivity index (χ3n) is 2.77. The van der Waals surface area contributed by atoms with Crippen molar-refractivity contribution >= 4 is 21.4 Å². The fraction of sp³-hybridized carbons (Fsp3) is 0.400. The van der Waals surface area contributed by atoms with E-state index in [1.54, 1.807) is 25.1 Å². The predicted octanol–water partition coefficient (Wildman–Crippen LogP) is 1.39. The third-order valence-corrected chi connectivity index (χ3v) is 5.52. The number of halogens is 1. The van der Waals surface area contributed by atoms with Crippen LogP contribution in [0.25, 0.3) is 0 Å². The van der Waals surface area contributed by atoms with Gasteiger partial charge >= 0.3 is 0 Å². The van der Waals surface area contributed by atoms with E-state index in [0.29, 0.717) is 21.9 Å². The van der Waals surface area contributed by atoms with Crippen molar-refractivity contribution in [3.05, 3.63) is 28.8 Å². The molecule has 15 heavy (non-hydrogen) atoms. The molecular formula is C10H12ClNO2S. The van der Waals surface area contributed by atoms with E-state index in [9.17, 15) is 8.42 Å². The largest absolute Gasteiger partial charge is 0.327 e. The Morgan fingerprint density at radius 1 is 1.53 bits per heavy atom. The summed E-state index contributed by atoms with van der Waals surface area (Å²) >= 11 is 5.96. The topological polar surface area (TPSA) is 60.2 Å². The number of hydrogen-bond donors (Lipinski definition) is 1. The van der Waals surface area contributed by atoms with Crippen LogP contribution in [0.15, 0.2) is 23.1 Å². The molecule has 2 unspecified atom stereocenters. The third kappa shape index (κ3) is 1.57. The van der Waals surface area contributed by atoms with Gasteiger partial charge < -0.3 is 5.73 Å². The second-order valence-corrected chi connectivity index (χ2v) is 6.41. The molecule has 0 bridgehead atoms. The number of sulfone groups is 1. The normalized spacial score (nSPS) is 24.9. The van der Waals surface area contributed by atoms with Crippen molar-refractivity contribution in [3.63, 3.8) is 0 Å². The molecule has 0 saturated heterocycles. The Labute approximate surface area is 94.2 Å². The summed E-state index contributed by atoms with van der Waals surface area (Å²) in [5.74, 6) is 0. The monoisotopic (exact) mass is 245 g/mol. The standard InChI is InChI=1S/C10H12ClNO2S/c1-6(12)10-5-7-8(11)3-2-4-9(7)15(10,13)14/h2-4,6,10H,5,12H2,1H3. The first-order valence-electron chi connectivity index (χ1n) is 4.71. The Morgan fingerprint density at radius 3 is 2.73 bits per heavy atom. The molecule has 1 aliphatic heterocycles. The SMILES string of the molecule is CC(N)C1Cc2c(Cl)cccc2S1(=O)=O.